The Morgan fingerprint density at radius 2 is 1.81 bits per heavy atom. The van der Waals surface area contributed by atoms with Gasteiger partial charge in [-0.2, -0.15) is 5.10 Å². The second-order valence-corrected chi connectivity index (χ2v) is 7.31. The molecule has 5 heteroatoms. The van der Waals surface area contributed by atoms with Crippen molar-refractivity contribution in [1.29, 1.82) is 0 Å². The zero-order valence-electron chi connectivity index (χ0n) is 14.9. The highest BCUT2D eigenvalue weighted by atomic mass is 32.1. The summed E-state index contributed by atoms with van der Waals surface area (Å²) in [7, 11) is 0. The van der Waals surface area contributed by atoms with Crippen LogP contribution in [0, 0.1) is 6.92 Å². The van der Waals surface area contributed by atoms with Crippen molar-refractivity contribution in [2.45, 2.75) is 13.3 Å². The zero-order valence-corrected chi connectivity index (χ0v) is 15.7. The summed E-state index contributed by atoms with van der Waals surface area (Å²) in [4.78, 5) is 13.6. The number of nitrogens with zero attached hydrogens (tertiary/aromatic N) is 2. The molecule has 0 aliphatic rings. The van der Waals surface area contributed by atoms with E-state index in [-0.39, 0.29) is 5.91 Å². The molecular formula is C22H19N3OS. The first-order valence-electron chi connectivity index (χ1n) is 8.73. The Morgan fingerprint density at radius 3 is 2.52 bits per heavy atom. The van der Waals surface area contributed by atoms with Crippen LogP contribution in [-0.4, -0.2) is 15.7 Å². The van der Waals surface area contributed by atoms with E-state index >= 15 is 0 Å². The molecule has 4 nitrogen and oxygen atoms in total. The number of aryl methyl sites for hydroxylation is 1. The Labute approximate surface area is 162 Å². The second kappa shape index (κ2) is 7.60. The molecule has 4 rings (SSSR count). The number of anilines is 1. The minimum absolute atomic E-state index is 0.0516. The van der Waals surface area contributed by atoms with Crippen molar-refractivity contribution in [3.63, 3.8) is 0 Å². The molecule has 0 radical (unpaired) electrons. The lowest BCUT2D eigenvalue weighted by Crippen LogP contribution is -2.14. The van der Waals surface area contributed by atoms with E-state index in [0.29, 0.717) is 6.42 Å². The number of rotatable bonds is 5. The Bertz CT molecular complexity index is 1040. The average molecular weight is 373 g/mol. The first kappa shape index (κ1) is 17.2. The van der Waals surface area contributed by atoms with Crippen LogP contribution in [0.4, 0.5) is 5.69 Å². The van der Waals surface area contributed by atoms with Gasteiger partial charge in [-0.25, -0.2) is 4.68 Å². The van der Waals surface area contributed by atoms with E-state index in [2.05, 4.69) is 5.32 Å². The minimum Gasteiger partial charge on any atom is -0.323 e. The molecule has 0 aliphatic carbocycles. The van der Waals surface area contributed by atoms with Gasteiger partial charge in [0.15, 0.2) is 0 Å². The molecule has 134 valence electrons. The predicted octanol–water partition coefficient (Wildman–Crippen LogP) is 5.09. The summed E-state index contributed by atoms with van der Waals surface area (Å²) in [5, 5.41) is 9.75. The van der Waals surface area contributed by atoms with Crippen molar-refractivity contribution < 1.29 is 4.79 Å². The summed E-state index contributed by atoms with van der Waals surface area (Å²) in [6.45, 7) is 2.04. The van der Waals surface area contributed by atoms with E-state index in [4.69, 9.17) is 5.10 Å². The van der Waals surface area contributed by atoms with Crippen molar-refractivity contribution in [3.05, 3.63) is 89.4 Å². The lowest BCUT2D eigenvalue weighted by molar-refractivity contribution is -0.115. The number of carbonyl (C=O) groups excluding carboxylic acids is 1. The topological polar surface area (TPSA) is 46.9 Å². The Morgan fingerprint density at radius 1 is 1.04 bits per heavy atom. The first-order valence-corrected chi connectivity index (χ1v) is 9.61. The van der Waals surface area contributed by atoms with Gasteiger partial charge in [-0.3, -0.25) is 4.79 Å². The summed E-state index contributed by atoms with van der Waals surface area (Å²) in [6.07, 6.45) is 2.21. The van der Waals surface area contributed by atoms with Gasteiger partial charge in [-0.15, -0.1) is 11.3 Å². The third-order valence-corrected chi connectivity index (χ3v) is 5.13. The Balaban J connectivity index is 1.61. The fourth-order valence-corrected chi connectivity index (χ4v) is 3.58. The van der Waals surface area contributed by atoms with E-state index in [1.807, 2.05) is 85.2 Å². The summed E-state index contributed by atoms with van der Waals surface area (Å²) < 4.78 is 1.80. The van der Waals surface area contributed by atoms with Crippen molar-refractivity contribution in [2.24, 2.45) is 0 Å². The fourth-order valence-electron chi connectivity index (χ4n) is 2.86. The average Bonchev–Trinajstić information content (AvgIpc) is 3.34. The van der Waals surface area contributed by atoms with Crippen molar-refractivity contribution in [1.82, 2.24) is 9.78 Å². The van der Waals surface area contributed by atoms with Crippen LogP contribution in [0.2, 0.25) is 0 Å². The van der Waals surface area contributed by atoms with Gasteiger partial charge in [0.05, 0.1) is 28.9 Å². The summed E-state index contributed by atoms with van der Waals surface area (Å²) in [5.74, 6) is -0.0516. The zero-order chi connectivity index (χ0) is 18.6. The van der Waals surface area contributed by atoms with Crippen LogP contribution in [0.3, 0.4) is 0 Å². The molecule has 2 heterocycles. The van der Waals surface area contributed by atoms with Crippen LogP contribution < -0.4 is 5.32 Å². The monoisotopic (exact) mass is 373 g/mol. The maximum atomic E-state index is 12.6. The molecule has 1 N–H and O–H groups in total. The van der Waals surface area contributed by atoms with Crippen molar-refractivity contribution in [2.75, 3.05) is 5.32 Å². The van der Waals surface area contributed by atoms with Gasteiger partial charge in [0.1, 0.15) is 5.69 Å². The number of thiophene rings is 1. The molecule has 0 saturated carbocycles. The third-order valence-electron chi connectivity index (χ3n) is 4.25. The number of hydrogen-bond donors (Lipinski definition) is 1. The summed E-state index contributed by atoms with van der Waals surface area (Å²) in [5.41, 5.74) is 4.63. The molecule has 0 spiro atoms. The molecule has 4 aromatic rings. The van der Waals surface area contributed by atoms with Gasteiger partial charge in [0, 0.05) is 0 Å². The minimum atomic E-state index is -0.0516. The number of hydrogen-bond acceptors (Lipinski definition) is 3. The molecule has 0 unspecified atom stereocenters. The Hall–Kier alpha value is -3.18. The van der Waals surface area contributed by atoms with E-state index in [0.717, 1.165) is 27.5 Å². The van der Waals surface area contributed by atoms with Crippen LogP contribution >= 0.6 is 11.3 Å². The molecule has 2 aromatic heterocycles. The number of para-hydroxylation sites is 1. The Kier molecular flexibility index (Phi) is 4.85. The highest BCUT2D eigenvalue weighted by Crippen LogP contribution is 2.31. The second-order valence-electron chi connectivity index (χ2n) is 6.36. The van der Waals surface area contributed by atoms with E-state index < -0.39 is 0 Å². The van der Waals surface area contributed by atoms with Crippen molar-refractivity contribution in [3.8, 4) is 16.3 Å². The number of carbonyl (C=O) groups is 1. The molecule has 0 fully saturated rings. The van der Waals surface area contributed by atoms with Crippen LogP contribution in [0.15, 0.2) is 78.3 Å². The van der Waals surface area contributed by atoms with Gasteiger partial charge in [0.25, 0.3) is 0 Å². The van der Waals surface area contributed by atoms with Crippen LogP contribution in [0.25, 0.3) is 16.3 Å². The number of nitrogens with one attached hydrogen (secondary N) is 1. The smallest absolute Gasteiger partial charge is 0.228 e. The summed E-state index contributed by atoms with van der Waals surface area (Å²) in [6, 6.07) is 21.9. The summed E-state index contributed by atoms with van der Waals surface area (Å²) >= 11 is 1.60. The molecular weight excluding hydrogens is 354 g/mol. The van der Waals surface area contributed by atoms with Crippen molar-refractivity contribution >= 4 is 22.9 Å². The number of aromatic nitrogens is 2. The normalized spacial score (nSPS) is 10.7. The van der Waals surface area contributed by atoms with Crippen LogP contribution in [-0.2, 0) is 11.2 Å². The lowest BCUT2D eigenvalue weighted by atomic mass is 10.1. The molecule has 0 bridgehead atoms. The fraction of sp³-hybridized carbons (Fsp3) is 0.0909. The van der Waals surface area contributed by atoms with Gasteiger partial charge < -0.3 is 5.32 Å². The maximum absolute atomic E-state index is 12.6. The largest absolute Gasteiger partial charge is 0.323 e. The molecule has 0 aliphatic heterocycles. The molecule has 0 saturated heterocycles. The SMILES string of the molecule is Cc1ccc(CC(=O)Nc2cn(-c3ccccc3)nc2-c2cccs2)cc1. The lowest BCUT2D eigenvalue weighted by Gasteiger charge is -2.05. The highest BCUT2D eigenvalue weighted by molar-refractivity contribution is 7.13. The first-order chi connectivity index (χ1) is 13.2. The van der Waals surface area contributed by atoms with E-state index in [1.54, 1.807) is 16.0 Å². The molecule has 2 aromatic carbocycles. The quantitative estimate of drug-likeness (QED) is 0.530. The predicted molar refractivity (Wildman–Crippen MR) is 110 cm³/mol. The highest BCUT2D eigenvalue weighted by Gasteiger charge is 2.15. The van der Waals surface area contributed by atoms with Gasteiger partial charge in [-0.1, -0.05) is 54.1 Å². The third kappa shape index (κ3) is 3.99. The molecule has 27 heavy (non-hydrogen) atoms. The van der Waals surface area contributed by atoms with Gasteiger partial charge in [0.2, 0.25) is 5.91 Å². The van der Waals surface area contributed by atoms with Crippen LogP contribution in [0.1, 0.15) is 11.1 Å². The molecule has 1 amide bonds. The van der Waals surface area contributed by atoms with E-state index in [1.165, 1.54) is 5.56 Å². The van der Waals surface area contributed by atoms with Gasteiger partial charge >= 0.3 is 0 Å². The van der Waals surface area contributed by atoms with E-state index in [9.17, 15) is 4.79 Å². The van der Waals surface area contributed by atoms with Gasteiger partial charge in [-0.05, 0) is 36.1 Å². The van der Waals surface area contributed by atoms with Crippen LogP contribution in [0.5, 0.6) is 0 Å². The number of benzene rings is 2. The standard InChI is InChI=1S/C22H19N3OS/c1-16-9-11-17(12-10-16)14-21(26)23-19-15-25(18-6-3-2-4-7-18)24-22(19)20-8-5-13-27-20/h2-13,15H,14H2,1H3,(H,23,26). The number of amides is 1. The molecule has 0 atom stereocenters. The maximum Gasteiger partial charge on any atom is 0.228 e.